The highest BCUT2D eigenvalue weighted by Crippen LogP contribution is 2.38. The van der Waals surface area contributed by atoms with E-state index in [4.69, 9.17) is 5.73 Å². The van der Waals surface area contributed by atoms with E-state index in [-0.39, 0.29) is 24.8 Å². The SMILES string of the molecule is CCOC(=O)c1ncn(-c2cc(C(=O)OC)c(N)cc2C(F)(F)F)n1.CCOC(=O)c1ncn(-c2cc(C(=O)OC)c([N+](=O)[O-])cc2C(F)(F)F)n1. The van der Waals surface area contributed by atoms with E-state index in [0.29, 0.717) is 21.5 Å². The molecule has 0 aliphatic rings. The number of benzene rings is 2. The van der Waals surface area contributed by atoms with Gasteiger partial charge in [-0.15, -0.1) is 10.2 Å². The minimum absolute atomic E-state index is 0.00874. The Morgan fingerprint density at radius 3 is 1.52 bits per heavy atom. The normalized spacial score (nSPS) is 11.2. The zero-order chi connectivity index (χ0) is 39.1. The number of hydrogen-bond donors (Lipinski definition) is 1. The lowest BCUT2D eigenvalue weighted by molar-refractivity contribution is -0.385. The van der Waals surface area contributed by atoms with Crippen LogP contribution in [0.25, 0.3) is 11.4 Å². The lowest BCUT2D eigenvalue weighted by Gasteiger charge is -2.15. The number of alkyl halides is 6. The van der Waals surface area contributed by atoms with E-state index in [0.717, 1.165) is 32.9 Å². The fourth-order valence-corrected chi connectivity index (χ4v) is 4.06. The largest absolute Gasteiger partial charge is 0.465 e. The number of hydrogen-bond acceptors (Lipinski definition) is 15. The number of nitro benzene ring substituents is 1. The van der Waals surface area contributed by atoms with Gasteiger partial charge in [-0.2, -0.15) is 26.3 Å². The summed E-state index contributed by atoms with van der Waals surface area (Å²) in [5.41, 5.74) is -0.892. The van der Waals surface area contributed by atoms with Crippen LogP contribution in [0, 0.1) is 10.1 Å². The minimum Gasteiger partial charge on any atom is -0.465 e. The molecule has 0 fully saturated rings. The first kappa shape index (κ1) is 39.8. The Morgan fingerprint density at radius 1 is 0.731 bits per heavy atom. The summed E-state index contributed by atoms with van der Waals surface area (Å²) in [4.78, 5) is 63.7. The molecule has 2 N–H and O–H groups in total. The fraction of sp³-hybridized carbons (Fsp3) is 0.286. The highest BCUT2D eigenvalue weighted by Gasteiger charge is 2.39. The summed E-state index contributed by atoms with van der Waals surface area (Å²) in [6.07, 6.45) is -8.13. The number of aromatic nitrogens is 6. The molecule has 18 nitrogen and oxygen atoms in total. The number of anilines is 1. The molecule has 0 radical (unpaired) electrons. The van der Waals surface area contributed by atoms with Crippen molar-refractivity contribution in [2.75, 3.05) is 33.2 Å². The molecule has 2 aromatic heterocycles. The van der Waals surface area contributed by atoms with Gasteiger partial charge in [0.1, 0.15) is 18.2 Å². The molecule has 2 heterocycles. The summed E-state index contributed by atoms with van der Waals surface area (Å²) in [5.74, 6) is -4.95. The third kappa shape index (κ3) is 8.94. The van der Waals surface area contributed by atoms with Crippen LogP contribution in [0.2, 0.25) is 0 Å². The zero-order valence-corrected chi connectivity index (χ0v) is 26.9. The molecule has 278 valence electrons. The number of carbonyl (C=O) groups is 4. The molecule has 2 aromatic carbocycles. The smallest absolute Gasteiger partial charge is 0.418 e. The second-order valence-corrected chi connectivity index (χ2v) is 9.55. The molecular formula is C28H24F6N8O10. The van der Waals surface area contributed by atoms with E-state index in [1.54, 1.807) is 6.92 Å². The number of ether oxygens (including phenoxy) is 4. The van der Waals surface area contributed by atoms with Crippen LogP contribution in [0.4, 0.5) is 37.7 Å². The molecule has 4 rings (SSSR count). The average molecular weight is 747 g/mol. The number of nitrogens with two attached hydrogens (primary N) is 1. The van der Waals surface area contributed by atoms with Gasteiger partial charge in [0, 0.05) is 11.8 Å². The van der Waals surface area contributed by atoms with Gasteiger partial charge in [-0.05, 0) is 32.0 Å². The molecule has 52 heavy (non-hydrogen) atoms. The van der Waals surface area contributed by atoms with Gasteiger partial charge in [-0.3, -0.25) is 10.1 Å². The zero-order valence-electron chi connectivity index (χ0n) is 26.9. The fourth-order valence-electron chi connectivity index (χ4n) is 4.06. The maximum Gasteiger partial charge on any atom is 0.418 e. The average Bonchev–Trinajstić information content (AvgIpc) is 3.78. The summed E-state index contributed by atoms with van der Waals surface area (Å²) in [5, 5.41) is 18.3. The number of esters is 4. The molecule has 0 bridgehead atoms. The van der Waals surface area contributed by atoms with Gasteiger partial charge in [0.15, 0.2) is 0 Å². The number of rotatable bonds is 9. The molecule has 0 unspecified atom stereocenters. The summed E-state index contributed by atoms with van der Waals surface area (Å²) in [6, 6.07) is 2.24. The van der Waals surface area contributed by atoms with E-state index in [9.17, 15) is 55.6 Å². The maximum absolute atomic E-state index is 13.4. The van der Waals surface area contributed by atoms with Crippen molar-refractivity contribution in [2.24, 2.45) is 0 Å². The van der Waals surface area contributed by atoms with Gasteiger partial charge in [-0.25, -0.2) is 38.5 Å². The van der Waals surface area contributed by atoms with E-state index < -0.39 is 92.2 Å². The number of nitrogens with zero attached hydrogens (tertiary/aromatic N) is 7. The highest BCUT2D eigenvalue weighted by atomic mass is 19.4. The second-order valence-electron chi connectivity index (χ2n) is 9.55. The van der Waals surface area contributed by atoms with Gasteiger partial charge in [0.25, 0.3) is 17.3 Å². The number of nitrogen functional groups attached to an aromatic ring is 1. The molecule has 0 aliphatic heterocycles. The number of carbonyl (C=O) groups excluding carboxylic acids is 4. The Balaban J connectivity index is 0.000000281. The van der Waals surface area contributed by atoms with Crippen LogP contribution < -0.4 is 5.73 Å². The Kier molecular flexibility index (Phi) is 12.2. The lowest BCUT2D eigenvalue weighted by Crippen LogP contribution is -2.16. The number of nitro groups is 1. The monoisotopic (exact) mass is 746 g/mol. The van der Waals surface area contributed by atoms with Gasteiger partial charge in [0.05, 0.1) is 60.4 Å². The molecular weight excluding hydrogens is 722 g/mol. The van der Waals surface area contributed by atoms with Crippen LogP contribution >= 0.6 is 0 Å². The summed E-state index contributed by atoms with van der Waals surface area (Å²) in [6.45, 7) is 3.11. The van der Waals surface area contributed by atoms with E-state index in [1.807, 2.05) is 0 Å². The van der Waals surface area contributed by atoms with Gasteiger partial charge < -0.3 is 24.7 Å². The van der Waals surface area contributed by atoms with Crippen LogP contribution in [-0.2, 0) is 31.3 Å². The quantitative estimate of drug-likeness (QED) is 0.0637. The summed E-state index contributed by atoms with van der Waals surface area (Å²) < 4.78 is 99.5. The van der Waals surface area contributed by atoms with Crippen molar-refractivity contribution in [3.8, 4) is 11.4 Å². The van der Waals surface area contributed by atoms with Gasteiger partial charge >= 0.3 is 36.2 Å². The van der Waals surface area contributed by atoms with Crippen LogP contribution in [0.15, 0.2) is 36.9 Å². The molecule has 0 aliphatic carbocycles. The summed E-state index contributed by atoms with van der Waals surface area (Å²) in [7, 11) is 1.98. The summed E-state index contributed by atoms with van der Waals surface area (Å²) >= 11 is 0. The molecule has 4 aromatic rings. The molecule has 0 saturated heterocycles. The first-order valence-electron chi connectivity index (χ1n) is 14.0. The van der Waals surface area contributed by atoms with Crippen LogP contribution in [0.5, 0.6) is 0 Å². The third-order valence-corrected chi connectivity index (χ3v) is 6.29. The molecule has 0 atom stereocenters. The van der Waals surface area contributed by atoms with E-state index >= 15 is 0 Å². The number of halogens is 6. The molecule has 0 amide bonds. The van der Waals surface area contributed by atoms with Crippen LogP contribution in [0.1, 0.15) is 66.9 Å². The van der Waals surface area contributed by atoms with Crippen molar-refractivity contribution in [3.05, 3.63) is 80.9 Å². The van der Waals surface area contributed by atoms with Gasteiger partial charge in [0.2, 0.25) is 0 Å². The Hall–Kier alpha value is -6.62. The van der Waals surface area contributed by atoms with Crippen molar-refractivity contribution < 1.29 is 69.4 Å². The predicted molar refractivity (Wildman–Crippen MR) is 158 cm³/mol. The Labute approximate surface area is 286 Å². The lowest BCUT2D eigenvalue weighted by atomic mass is 10.1. The van der Waals surface area contributed by atoms with Crippen molar-refractivity contribution in [1.29, 1.82) is 0 Å². The maximum atomic E-state index is 13.4. The van der Waals surface area contributed by atoms with Crippen LogP contribution in [0.3, 0.4) is 0 Å². The predicted octanol–water partition coefficient (Wildman–Crippen LogP) is 3.99. The standard InChI is InChI=1S/C14H11F3N4O6.C14H13F3N4O4/c1-3-27-13(23)11-18-6-20(19-11)10-4-7(12(22)26-2)9(21(24)25)5-8(10)14(15,16)17;1-3-25-13(23)11-19-6-21(20-11)10-4-7(12(22)24-2)9(18)5-8(10)14(15,16)17/h4-6H,3H2,1-2H3;4-6H,3,18H2,1-2H3. The third-order valence-electron chi connectivity index (χ3n) is 6.29. The minimum atomic E-state index is -5.02. The molecule has 0 saturated carbocycles. The molecule has 24 heteroatoms. The Bertz CT molecular complexity index is 2010. The van der Waals surface area contributed by atoms with Gasteiger partial charge in [-0.1, -0.05) is 0 Å². The Morgan fingerprint density at radius 2 is 1.13 bits per heavy atom. The highest BCUT2D eigenvalue weighted by molar-refractivity contribution is 5.96. The number of methoxy groups -OCH3 is 2. The first-order chi connectivity index (χ1) is 24.3. The first-order valence-corrected chi connectivity index (χ1v) is 14.0. The van der Waals surface area contributed by atoms with Crippen molar-refractivity contribution in [2.45, 2.75) is 26.2 Å². The van der Waals surface area contributed by atoms with Crippen molar-refractivity contribution in [3.63, 3.8) is 0 Å². The van der Waals surface area contributed by atoms with E-state index in [2.05, 4.69) is 39.1 Å². The van der Waals surface area contributed by atoms with Crippen molar-refractivity contribution in [1.82, 2.24) is 29.5 Å². The second kappa shape index (κ2) is 15.9. The van der Waals surface area contributed by atoms with Crippen LogP contribution in [-0.4, -0.2) is 85.8 Å². The topological polar surface area (TPSA) is 236 Å². The van der Waals surface area contributed by atoms with E-state index in [1.165, 1.54) is 6.92 Å². The van der Waals surface area contributed by atoms with Crippen molar-refractivity contribution >= 4 is 35.3 Å². The molecule has 0 spiro atoms.